The van der Waals surface area contributed by atoms with Gasteiger partial charge in [-0.2, -0.15) is 5.48 Å². The number of hydrogen-bond donors (Lipinski definition) is 1. The Balaban J connectivity index is 0.000000136. The van der Waals surface area contributed by atoms with Crippen LogP contribution in [-0.2, 0) is 9.63 Å². The second-order valence-corrected chi connectivity index (χ2v) is 3.44. The van der Waals surface area contributed by atoms with Crippen LogP contribution in [0.25, 0.3) is 10.8 Å². The Morgan fingerprint density at radius 2 is 2.00 bits per heavy atom. The van der Waals surface area contributed by atoms with Gasteiger partial charge in [0.25, 0.3) is 5.91 Å². The fourth-order valence-electron chi connectivity index (χ4n) is 1.37. The molecular formula is C13H12N2O2. The Kier molecular flexibility index (Phi) is 3.70. The van der Waals surface area contributed by atoms with Crippen LogP contribution in [0.3, 0.4) is 0 Å². The van der Waals surface area contributed by atoms with E-state index in [1.807, 2.05) is 30.6 Å². The van der Waals surface area contributed by atoms with Crippen LogP contribution in [0, 0.1) is 0 Å². The second kappa shape index (κ2) is 5.65. The molecule has 4 heteroatoms. The SMILES string of the molecule is O=C1CC=CON1.c1ccc2cnccc2c1. The first-order chi connectivity index (χ1) is 8.36. The maximum absolute atomic E-state index is 10.2. The van der Waals surface area contributed by atoms with Crippen molar-refractivity contribution in [3.05, 3.63) is 55.1 Å². The third-order valence-corrected chi connectivity index (χ3v) is 2.19. The van der Waals surface area contributed by atoms with E-state index in [9.17, 15) is 4.79 Å². The largest absolute Gasteiger partial charge is 0.388 e. The quantitative estimate of drug-likeness (QED) is 0.752. The molecule has 17 heavy (non-hydrogen) atoms. The number of carbonyl (C=O) groups is 1. The summed E-state index contributed by atoms with van der Waals surface area (Å²) < 4.78 is 0. The molecule has 0 spiro atoms. The first-order valence-corrected chi connectivity index (χ1v) is 5.24. The molecule has 1 aliphatic heterocycles. The lowest BCUT2D eigenvalue weighted by atomic mass is 10.2. The summed E-state index contributed by atoms with van der Waals surface area (Å²) in [7, 11) is 0. The van der Waals surface area contributed by atoms with Crippen LogP contribution in [0.4, 0.5) is 0 Å². The molecule has 2 heterocycles. The van der Waals surface area contributed by atoms with Gasteiger partial charge in [0.05, 0.1) is 6.42 Å². The number of pyridine rings is 1. The molecule has 0 saturated heterocycles. The molecule has 86 valence electrons. The van der Waals surface area contributed by atoms with Crippen molar-refractivity contribution < 1.29 is 9.63 Å². The molecule has 0 fully saturated rings. The van der Waals surface area contributed by atoms with Gasteiger partial charge < -0.3 is 4.84 Å². The number of aromatic nitrogens is 1. The molecular weight excluding hydrogens is 216 g/mol. The van der Waals surface area contributed by atoms with Crippen molar-refractivity contribution in [3.63, 3.8) is 0 Å². The first-order valence-electron chi connectivity index (χ1n) is 5.24. The zero-order valence-corrected chi connectivity index (χ0v) is 9.17. The van der Waals surface area contributed by atoms with Gasteiger partial charge in [-0.1, -0.05) is 24.3 Å². The molecule has 1 aromatic heterocycles. The molecule has 0 radical (unpaired) electrons. The van der Waals surface area contributed by atoms with Crippen LogP contribution in [0.1, 0.15) is 6.42 Å². The monoisotopic (exact) mass is 228 g/mol. The van der Waals surface area contributed by atoms with Crippen LogP contribution < -0.4 is 5.48 Å². The molecule has 1 amide bonds. The highest BCUT2D eigenvalue weighted by molar-refractivity contribution is 5.81. The van der Waals surface area contributed by atoms with Crippen molar-refractivity contribution in [3.8, 4) is 0 Å². The van der Waals surface area contributed by atoms with Crippen molar-refractivity contribution >= 4 is 16.7 Å². The minimum atomic E-state index is -0.0949. The summed E-state index contributed by atoms with van der Waals surface area (Å²) in [6, 6.07) is 10.2. The molecule has 3 rings (SSSR count). The van der Waals surface area contributed by atoms with Gasteiger partial charge in [-0.05, 0) is 22.9 Å². The standard InChI is InChI=1S/C9H7N.C4H5NO2/c1-2-4-9-7-10-6-5-8(9)3-1;6-4-2-1-3-7-5-4/h1-7H;1,3H,2H2,(H,5,6). The Morgan fingerprint density at radius 1 is 1.18 bits per heavy atom. The molecule has 0 atom stereocenters. The van der Waals surface area contributed by atoms with E-state index in [1.54, 1.807) is 6.08 Å². The number of carbonyl (C=O) groups excluding carboxylic acids is 1. The molecule has 2 aromatic rings. The molecule has 0 aliphatic carbocycles. The van der Waals surface area contributed by atoms with Crippen molar-refractivity contribution in [1.82, 2.24) is 10.5 Å². The predicted molar refractivity (Wildman–Crippen MR) is 64.7 cm³/mol. The van der Waals surface area contributed by atoms with Gasteiger partial charge in [-0.3, -0.25) is 9.78 Å². The number of nitrogens with one attached hydrogen (secondary N) is 1. The van der Waals surface area contributed by atoms with E-state index in [2.05, 4.69) is 27.4 Å². The van der Waals surface area contributed by atoms with E-state index in [0.717, 1.165) is 0 Å². The fourth-order valence-corrected chi connectivity index (χ4v) is 1.37. The first kappa shape index (κ1) is 11.1. The number of hydrogen-bond acceptors (Lipinski definition) is 3. The van der Waals surface area contributed by atoms with Crippen molar-refractivity contribution in [2.75, 3.05) is 0 Å². The minimum absolute atomic E-state index is 0.0949. The number of amides is 1. The third kappa shape index (κ3) is 3.31. The third-order valence-electron chi connectivity index (χ3n) is 2.19. The highest BCUT2D eigenvalue weighted by Gasteiger charge is 1.98. The summed E-state index contributed by atoms with van der Waals surface area (Å²) in [6.45, 7) is 0. The minimum Gasteiger partial charge on any atom is -0.388 e. The lowest BCUT2D eigenvalue weighted by Gasteiger charge is -2.03. The lowest BCUT2D eigenvalue weighted by Crippen LogP contribution is -2.22. The van der Waals surface area contributed by atoms with Crippen molar-refractivity contribution in [2.45, 2.75) is 6.42 Å². The lowest BCUT2D eigenvalue weighted by molar-refractivity contribution is -0.130. The molecule has 4 nitrogen and oxygen atoms in total. The van der Waals surface area contributed by atoms with Gasteiger partial charge in [0.2, 0.25) is 0 Å². The van der Waals surface area contributed by atoms with Crippen LogP contribution in [0.5, 0.6) is 0 Å². The smallest absolute Gasteiger partial charge is 0.256 e. The zero-order chi connectivity index (χ0) is 11.9. The van der Waals surface area contributed by atoms with E-state index >= 15 is 0 Å². The van der Waals surface area contributed by atoms with Gasteiger partial charge in [0, 0.05) is 12.4 Å². The topological polar surface area (TPSA) is 51.2 Å². The zero-order valence-electron chi connectivity index (χ0n) is 9.17. The average molecular weight is 228 g/mol. The average Bonchev–Trinajstić information content (AvgIpc) is 2.41. The number of fused-ring (bicyclic) bond motifs is 1. The van der Waals surface area contributed by atoms with Crippen LogP contribution in [0.2, 0.25) is 0 Å². The van der Waals surface area contributed by atoms with Gasteiger partial charge in [0.15, 0.2) is 0 Å². The van der Waals surface area contributed by atoms with Crippen LogP contribution >= 0.6 is 0 Å². The summed E-state index contributed by atoms with van der Waals surface area (Å²) in [5.41, 5.74) is 2.16. The van der Waals surface area contributed by atoms with Crippen molar-refractivity contribution in [2.24, 2.45) is 0 Å². The Morgan fingerprint density at radius 3 is 2.59 bits per heavy atom. The highest BCUT2D eigenvalue weighted by atomic mass is 16.6. The molecule has 0 bridgehead atoms. The molecule has 1 aromatic carbocycles. The summed E-state index contributed by atoms with van der Waals surface area (Å²) >= 11 is 0. The van der Waals surface area contributed by atoms with E-state index in [0.29, 0.717) is 6.42 Å². The van der Waals surface area contributed by atoms with Crippen molar-refractivity contribution in [1.29, 1.82) is 0 Å². The number of rotatable bonds is 0. The van der Waals surface area contributed by atoms with Gasteiger partial charge >= 0.3 is 0 Å². The van der Waals surface area contributed by atoms with Gasteiger partial charge in [-0.15, -0.1) is 0 Å². The van der Waals surface area contributed by atoms with E-state index in [4.69, 9.17) is 0 Å². The van der Waals surface area contributed by atoms with E-state index in [-0.39, 0.29) is 5.91 Å². The van der Waals surface area contributed by atoms with E-state index < -0.39 is 0 Å². The number of nitrogens with zero attached hydrogens (tertiary/aromatic N) is 1. The fraction of sp³-hybridized carbons (Fsp3) is 0.0769. The van der Waals surface area contributed by atoms with Crippen LogP contribution in [-0.4, -0.2) is 10.9 Å². The normalized spacial score (nSPS) is 13.3. The Hall–Kier alpha value is -2.36. The number of hydroxylamine groups is 1. The highest BCUT2D eigenvalue weighted by Crippen LogP contribution is 2.09. The summed E-state index contributed by atoms with van der Waals surface area (Å²) in [6.07, 6.45) is 7.21. The molecule has 1 aliphatic rings. The summed E-state index contributed by atoms with van der Waals surface area (Å²) in [4.78, 5) is 18.6. The number of benzene rings is 1. The molecule has 0 unspecified atom stereocenters. The predicted octanol–water partition coefficient (Wildman–Crippen LogP) is 2.19. The Labute approximate surface area is 98.9 Å². The summed E-state index contributed by atoms with van der Waals surface area (Å²) in [5, 5.41) is 2.45. The van der Waals surface area contributed by atoms with Crippen LogP contribution in [0.15, 0.2) is 55.1 Å². The van der Waals surface area contributed by atoms with E-state index in [1.165, 1.54) is 17.0 Å². The second-order valence-electron chi connectivity index (χ2n) is 3.44. The maximum Gasteiger partial charge on any atom is 0.256 e. The Bertz CT molecular complexity index is 472. The molecule has 0 saturated carbocycles. The van der Waals surface area contributed by atoms with Gasteiger partial charge in [0.1, 0.15) is 6.26 Å². The molecule has 1 N–H and O–H groups in total. The summed E-state index contributed by atoms with van der Waals surface area (Å²) in [5.74, 6) is -0.0949. The maximum atomic E-state index is 10.2. The van der Waals surface area contributed by atoms with Gasteiger partial charge in [-0.25, -0.2) is 0 Å².